The van der Waals surface area contributed by atoms with E-state index in [2.05, 4.69) is 12.1 Å². The van der Waals surface area contributed by atoms with Crippen molar-refractivity contribution in [3.63, 3.8) is 0 Å². The van der Waals surface area contributed by atoms with Gasteiger partial charge in [0.1, 0.15) is 0 Å². The molecule has 82 valence electrons. The number of oxime groups is 1. The summed E-state index contributed by atoms with van der Waals surface area (Å²) < 4.78 is 0. The van der Waals surface area contributed by atoms with Crippen molar-refractivity contribution in [3.8, 4) is 0 Å². The van der Waals surface area contributed by atoms with E-state index in [1.165, 1.54) is 51.4 Å². The summed E-state index contributed by atoms with van der Waals surface area (Å²) >= 11 is 0. The highest BCUT2D eigenvalue weighted by Gasteiger charge is 2.22. The van der Waals surface area contributed by atoms with Gasteiger partial charge in [-0.2, -0.15) is 0 Å². The minimum atomic E-state index is 0.599. The van der Waals surface area contributed by atoms with Crippen LogP contribution in [0.25, 0.3) is 0 Å². The minimum absolute atomic E-state index is 0.599. The molecule has 0 spiro atoms. The van der Waals surface area contributed by atoms with Crippen molar-refractivity contribution in [2.24, 2.45) is 11.1 Å². The van der Waals surface area contributed by atoms with Crippen LogP contribution < -0.4 is 0 Å². The predicted octanol–water partition coefficient (Wildman–Crippen LogP) is 3.98. The van der Waals surface area contributed by atoms with E-state index in [-0.39, 0.29) is 0 Å². The summed E-state index contributed by atoms with van der Waals surface area (Å²) in [5.41, 5.74) is 1.06. The van der Waals surface area contributed by atoms with Crippen molar-refractivity contribution in [3.05, 3.63) is 0 Å². The van der Waals surface area contributed by atoms with Crippen LogP contribution >= 0.6 is 0 Å². The predicted molar refractivity (Wildman–Crippen MR) is 59.9 cm³/mol. The van der Waals surface area contributed by atoms with Crippen molar-refractivity contribution in [1.29, 1.82) is 0 Å². The molecule has 2 nitrogen and oxygen atoms in total. The highest BCUT2D eigenvalue weighted by Crippen LogP contribution is 2.27. The van der Waals surface area contributed by atoms with Gasteiger partial charge < -0.3 is 5.21 Å². The van der Waals surface area contributed by atoms with Crippen LogP contribution in [0.5, 0.6) is 0 Å². The molecule has 0 amide bonds. The molecule has 0 unspecified atom stereocenters. The van der Waals surface area contributed by atoms with E-state index in [1.54, 1.807) is 0 Å². The zero-order valence-corrected chi connectivity index (χ0v) is 9.34. The van der Waals surface area contributed by atoms with E-state index < -0.39 is 0 Å². The summed E-state index contributed by atoms with van der Waals surface area (Å²) in [7, 11) is 0. The van der Waals surface area contributed by atoms with Gasteiger partial charge in [-0.25, -0.2) is 0 Å². The largest absolute Gasteiger partial charge is 0.411 e. The molecule has 0 aromatic carbocycles. The lowest BCUT2D eigenvalue weighted by Crippen LogP contribution is -2.06. The van der Waals surface area contributed by atoms with Crippen LogP contribution in [0.2, 0.25) is 0 Å². The maximum Gasteiger partial charge on any atom is 0.0601 e. The molecule has 2 heteroatoms. The molecular formula is C12H23NO. The van der Waals surface area contributed by atoms with Crippen LogP contribution in [0.4, 0.5) is 0 Å². The highest BCUT2D eigenvalue weighted by atomic mass is 16.4. The molecule has 0 heterocycles. The number of nitrogens with zero attached hydrogens (tertiary/aromatic N) is 1. The zero-order chi connectivity index (χ0) is 10.2. The Morgan fingerprint density at radius 1 is 1.29 bits per heavy atom. The first-order valence-electron chi connectivity index (χ1n) is 6.09. The molecule has 0 aromatic heterocycles. The molecular weight excluding hydrogens is 174 g/mol. The Morgan fingerprint density at radius 3 is 2.79 bits per heavy atom. The Balaban J connectivity index is 2.06. The lowest BCUT2D eigenvalue weighted by Gasteiger charge is -2.08. The summed E-state index contributed by atoms with van der Waals surface area (Å²) in [5, 5.41) is 12.2. The van der Waals surface area contributed by atoms with Gasteiger partial charge in [0.15, 0.2) is 0 Å². The van der Waals surface area contributed by atoms with Crippen LogP contribution in [-0.4, -0.2) is 10.9 Å². The normalized spacial score (nSPS) is 24.6. The van der Waals surface area contributed by atoms with Gasteiger partial charge in [-0.05, 0) is 25.7 Å². The molecule has 1 aliphatic carbocycles. The van der Waals surface area contributed by atoms with Crippen molar-refractivity contribution in [2.75, 3.05) is 0 Å². The molecule has 1 fully saturated rings. The molecule has 1 aliphatic rings. The van der Waals surface area contributed by atoms with Gasteiger partial charge in [0.25, 0.3) is 0 Å². The first kappa shape index (κ1) is 11.5. The SMILES string of the molecule is CCCCCCC[C@@H]1CCC/C1=N\O. The highest BCUT2D eigenvalue weighted by molar-refractivity contribution is 5.87. The van der Waals surface area contributed by atoms with Gasteiger partial charge in [-0.3, -0.25) is 0 Å². The molecule has 1 saturated carbocycles. The van der Waals surface area contributed by atoms with Gasteiger partial charge in [0, 0.05) is 5.92 Å². The van der Waals surface area contributed by atoms with Crippen molar-refractivity contribution in [1.82, 2.24) is 0 Å². The Labute approximate surface area is 87.4 Å². The van der Waals surface area contributed by atoms with Crippen molar-refractivity contribution >= 4 is 5.71 Å². The molecule has 1 atom stereocenters. The monoisotopic (exact) mass is 197 g/mol. The molecule has 14 heavy (non-hydrogen) atoms. The molecule has 1 rings (SSSR count). The smallest absolute Gasteiger partial charge is 0.0601 e. The van der Waals surface area contributed by atoms with Crippen molar-refractivity contribution in [2.45, 2.75) is 64.7 Å². The summed E-state index contributed by atoms with van der Waals surface area (Å²) in [6.07, 6.45) is 11.4. The zero-order valence-electron chi connectivity index (χ0n) is 9.34. The topological polar surface area (TPSA) is 32.6 Å². The van der Waals surface area contributed by atoms with E-state index in [4.69, 9.17) is 5.21 Å². The van der Waals surface area contributed by atoms with E-state index >= 15 is 0 Å². The summed E-state index contributed by atoms with van der Waals surface area (Å²) in [5.74, 6) is 0.599. The van der Waals surface area contributed by atoms with E-state index in [0.717, 1.165) is 12.1 Å². The average Bonchev–Trinajstić information content (AvgIpc) is 2.65. The van der Waals surface area contributed by atoms with Gasteiger partial charge in [0.05, 0.1) is 5.71 Å². The summed E-state index contributed by atoms with van der Waals surface area (Å²) in [6, 6.07) is 0. The third-order valence-electron chi connectivity index (χ3n) is 3.24. The summed E-state index contributed by atoms with van der Waals surface area (Å²) in [4.78, 5) is 0. The van der Waals surface area contributed by atoms with E-state index in [1.807, 2.05) is 0 Å². The number of hydrogen-bond acceptors (Lipinski definition) is 2. The minimum Gasteiger partial charge on any atom is -0.411 e. The molecule has 0 aromatic rings. The Hall–Kier alpha value is -0.530. The second kappa shape index (κ2) is 6.86. The number of unbranched alkanes of at least 4 members (excludes halogenated alkanes) is 4. The maximum atomic E-state index is 8.77. The molecule has 1 N–H and O–H groups in total. The lowest BCUT2D eigenvalue weighted by atomic mass is 9.98. The maximum absolute atomic E-state index is 8.77. The molecule has 0 saturated heterocycles. The average molecular weight is 197 g/mol. The summed E-state index contributed by atoms with van der Waals surface area (Å²) in [6.45, 7) is 2.24. The number of rotatable bonds is 6. The fraction of sp³-hybridized carbons (Fsp3) is 0.917. The van der Waals surface area contributed by atoms with Crippen LogP contribution in [0.15, 0.2) is 5.16 Å². The van der Waals surface area contributed by atoms with Crippen LogP contribution in [0, 0.1) is 5.92 Å². The second-order valence-corrected chi connectivity index (χ2v) is 4.38. The quantitative estimate of drug-likeness (QED) is 0.390. The van der Waals surface area contributed by atoms with Crippen molar-refractivity contribution < 1.29 is 5.21 Å². The van der Waals surface area contributed by atoms with Gasteiger partial charge in [0.2, 0.25) is 0 Å². The standard InChI is InChI=1S/C12H23NO/c1-2-3-4-5-6-8-11-9-7-10-12(11)13-14/h11,14H,2-10H2,1H3/b13-12+/t11-/m1/s1. The second-order valence-electron chi connectivity index (χ2n) is 4.38. The van der Waals surface area contributed by atoms with Crippen LogP contribution in [0.3, 0.4) is 0 Å². The first-order valence-corrected chi connectivity index (χ1v) is 6.09. The van der Waals surface area contributed by atoms with Gasteiger partial charge in [-0.1, -0.05) is 44.2 Å². The first-order chi connectivity index (χ1) is 6.88. The lowest BCUT2D eigenvalue weighted by molar-refractivity contribution is 0.314. The van der Waals surface area contributed by atoms with Crippen LogP contribution in [0.1, 0.15) is 64.7 Å². The molecule has 0 radical (unpaired) electrons. The van der Waals surface area contributed by atoms with Crippen LogP contribution in [-0.2, 0) is 0 Å². The fourth-order valence-corrected chi connectivity index (χ4v) is 2.34. The van der Waals surface area contributed by atoms with E-state index in [0.29, 0.717) is 5.92 Å². The molecule has 0 bridgehead atoms. The fourth-order valence-electron chi connectivity index (χ4n) is 2.34. The van der Waals surface area contributed by atoms with Gasteiger partial charge in [-0.15, -0.1) is 0 Å². The molecule has 0 aliphatic heterocycles. The Bertz CT molecular complexity index is 177. The third-order valence-corrected chi connectivity index (χ3v) is 3.24. The third kappa shape index (κ3) is 3.69. The Morgan fingerprint density at radius 2 is 2.07 bits per heavy atom. The van der Waals surface area contributed by atoms with Gasteiger partial charge >= 0.3 is 0 Å². The number of hydrogen-bond donors (Lipinski definition) is 1. The van der Waals surface area contributed by atoms with E-state index in [9.17, 15) is 0 Å². The Kier molecular flexibility index (Phi) is 5.65.